The van der Waals surface area contributed by atoms with Gasteiger partial charge in [0.15, 0.2) is 0 Å². The zero-order chi connectivity index (χ0) is 24.7. The Morgan fingerprint density at radius 1 is 1.03 bits per heavy atom. The SMILES string of the molecule is CCOc1nc(Nc2ccc(N(C)CCN(C)C)cc2)ncc1C(=O)Nc1c(Cl)cccc1Cl. The number of amides is 1. The number of hydrogen-bond acceptors (Lipinski definition) is 7. The number of nitrogens with one attached hydrogen (secondary N) is 2. The highest BCUT2D eigenvalue weighted by Gasteiger charge is 2.19. The van der Waals surface area contributed by atoms with Gasteiger partial charge in [-0.25, -0.2) is 4.98 Å². The lowest BCUT2D eigenvalue weighted by atomic mass is 10.2. The molecule has 34 heavy (non-hydrogen) atoms. The molecule has 1 amide bonds. The molecule has 8 nitrogen and oxygen atoms in total. The van der Waals surface area contributed by atoms with Crippen LogP contribution in [0.2, 0.25) is 10.0 Å². The van der Waals surface area contributed by atoms with Crippen molar-refractivity contribution in [1.29, 1.82) is 0 Å². The molecule has 1 heterocycles. The third-order valence-corrected chi connectivity index (χ3v) is 5.56. The molecule has 2 N–H and O–H groups in total. The van der Waals surface area contributed by atoms with E-state index in [2.05, 4.69) is 51.5 Å². The second-order valence-corrected chi connectivity index (χ2v) is 8.61. The molecule has 0 radical (unpaired) electrons. The van der Waals surface area contributed by atoms with Gasteiger partial charge in [-0.3, -0.25) is 4.79 Å². The number of nitrogens with zero attached hydrogens (tertiary/aromatic N) is 4. The number of carbonyl (C=O) groups excluding carboxylic acids is 1. The van der Waals surface area contributed by atoms with E-state index in [0.717, 1.165) is 24.5 Å². The third kappa shape index (κ3) is 6.72. The van der Waals surface area contributed by atoms with Gasteiger partial charge >= 0.3 is 0 Å². The molecule has 2 aromatic carbocycles. The van der Waals surface area contributed by atoms with Crippen LogP contribution in [0.4, 0.5) is 23.0 Å². The predicted molar refractivity (Wildman–Crippen MR) is 139 cm³/mol. The van der Waals surface area contributed by atoms with Crippen LogP contribution in [0, 0.1) is 0 Å². The summed E-state index contributed by atoms with van der Waals surface area (Å²) in [5.41, 5.74) is 2.40. The Labute approximate surface area is 209 Å². The van der Waals surface area contributed by atoms with Crippen LogP contribution < -0.4 is 20.3 Å². The fourth-order valence-electron chi connectivity index (χ4n) is 3.03. The van der Waals surface area contributed by atoms with Gasteiger partial charge in [0, 0.05) is 37.7 Å². The highest BCUT2D eigenvalue weighted by Crippen LogP contribution is 2.31. The molecule has 3 aromatic rings. The summed E-state index contributed by atoms with van der Waals surface area (Å²) in [4.78, 5) is 25.9. The van der Waals surface area contributed by atoms with Gasteiger partial charge in [-0.15, -0.1) is 0 Å². The quantitative estimate of drug-likeness (QED) is 0.395. The average molecular weight is 503 g/mol. The lowest BCUT2D eigenvalue weighted by Gasteiger charge is -2.21. The standard InChI is InChI=1S/C24H28Cl2N6O2/c1-5-34-23-18(22(33)29-21-19(25)7-6-8-20(21)26)15-27-24(30-23)28-16-9-11-17(12-10-16)32(4)14-13-31(2)3/h6-12,15H,5,13-14H2,1-4H3,(H,29,33)(H,27,28,30). The van der Waals surface area contributed by atoms with Crippen molar-refractivity contribution in [3.63, 3.8) is 0 Å². The van der Waals surface area contributed by atoms with Gasteiger partial charge in [-0.05, 0) is 57.4 Å². The van der Waals surface area contributed by atoms with Crippen molar-refractivity contribution < 1.29 is 9.53 Å². The minimum Gasteiger partial charge on any atom is -0.477 e. The van der Waals surface area contributed by atoms with Gasteiger partial charge < -0.3 is 25.2 Å². The molecule has 10 heteroatoms. The lowest BCUT2D eigenvalue weighted by Crippen LogP contribution is -2.28. The fourth-order valence-corrected chi connectivity index (χ4v) is 3.53. The van der Waals surface area contributed by atoms with E-state index in [9.17, 15) is 4.79 Å². The summed E-state index contributed by atoms with van der Waals surface area (Å²) in [7, 11) is 6.17. The second kappa shape index (κ2) is 11.9. The first-order chi connectivity index (χ1) is 16.3. The lowest BCUT2D eigenvalue weighted by molar-refractivity contribution is 0.102. The number of anilines is 4. The summed E-state index contributed by atoms with van der Waals surface area (Å²) in [6.45, 7) is 4.03. The highest BCUT2D eigenvalue weighted by molar-refractivity contribution is 6.40. The largest absolute Gasteiger partial charge is 0.477 e. The van der Waals surface area contributed by atoms with Crippen LogP contribution in [-0.4, -0.2) is 61.6 Å². The molecular formula is C24H28Cl2N6O2. The van der Waals surface area contributed by atoms with Crippen molar-refractivity contribution >= 4 is 52.1 Å². The van der Waals surface area contributed by atoms with Crippen molar-refractivity contribution in [3.05, 3.63) is 64.3 Å². The Kier molecular flexibility index (Phi) is 8.92. The van der Waals surface area contributed by atoms with Crippen LogP contribution >= 0.6 is 23.2 Å². The number of aromatic nitrogens is 2. The summed E-state index contributed by atoms with van der Waals surface area (Å²) in [6.07, 6.45) is 1.41. The maximum atomic E-state index is 12.9. The molecule has 0 bridgehead atoms. The summed E-state index contributed by atoms with van der Waals surface area (Å²) in [5, 5.41) is 6.51. The van der Waals surface area contributed by atoms with E-state index in [-0.39, 0.29) is 11.4 Å². The van der Waals surface area contributed by atoms with Crippen LogP contribution in [0.5, 0.6) is 5.88 Å². The van der Waals surface area contributed by atoms with E-state index in [1.165, 1.54) is 6.20 Å². The Bertz CT molecular complexity index is 1100. The average Bonchev–Trinajstić information content (AvgIpc) is 2.81. The van der Waals surface area contributed by atoms with E-state index in [1.54, 1.807) is 18.2 Å². The first-order valence-electron chi connectivity index (χ1n) is 10.8. The van der Waals surface area contributed by atoms with Gasteiger partial charge in [-0.1, -0.05) is 29.3 Å². The Morgan fingerprint density at radius 3 is 2.32 bits per heavy atom. The van der Waals surface area contributed by atoms with Crippen LogP contribution in [0.3, 0.4) is 0 Å². The number of benzene rings is 2. The van der Waals surface area contributed by atoms with Gasteiger partial charge in [0.05, 0.1) is 22.3 Å². The molecule has 0 saturated heterocycles. The minimum atomic E-state index is -0.477. The van der Waals surface area contributed by atoms with E-state index in [1.807, 2.05) is 31.2 Å². The van der Waals surface area contributed by atoms with Crippen molar-refractivity contribution in [2.75, 3.05) is 56.4 Å². The molecule has 1 aromatic heterocycles. The van der Waals surface area contributed by atoms with Gasteiger partial charge in [0.1, 0.15) is 5.56 Å². The summed E-state index contributed by atoms with van der Waals surface area (Å²) >= 11 is 12.3. The Balaban J connectivity index is 1.74. The summed E-state index contributed by atoms with van der Waals surface area (Å²) in [6, 6.07) is 12.9. The maximum Gasteiger partial charge on any atom is 0.262 e. The predicted octanol–water partition coefficient (Wildman–Crippen LogP) is 5.18. The first-order valence-corrected chi connectivity index (χ1v) is 11.5. The number of likely N-dealkylation sites (N-methyl/N-ethyl adjacent to an activating group) is 2. The van der Waals surface area contributed by atoms with Crippen molar-refractivity contribution in [2.24, 2.45) is 0 Å². The molecule has 180 valence electrons. The number of rotatable bonds is 10. The van der Waals surface area contributed by atoms with E-state index in [4.69, 9.17) is 27.9 Å². The van der Waals surface area contributed by atoms with Crippen LogP contribution in [0.25, 0.3) is 0 Å². The molecule has 0 saturated carbocycles. The Hall–Kier alpha value is -3.07. The second-order valence-electron chi connectivity index (χ2n) is 7.79. The smallest absolute Gasteiger partial charge is 0.262 e. The number of carbonyl (C=O) groups is 1. The molecule has 0 atom stereocenters. The molecule has 0 fully saturated rings. The zero-order valence-corrected chi connectivity index (χ0v) is 21.1. The number of ether oxygens (including phenoxy) is 1. The topological polar surface area (TPSA) is 82.6 Å². The molecule has 0 aliphatic heterocycles. The molecule has 3 rings (SSSR count). The van der Waals surface area contributed by atoms with Gasteiger partial charge in [0.2, 0.25) is 11.8 Å². The molecular weight excluding hydrogens is 475 g/mol. The van der Waals surface area contributed by atoms with E-state index < -0.39 is 5.91 Å². The van der Waals surface area contributed by atoms with Crippen molar-refractivity contribution in [2.45, 2.75) is 6.92 Å². The molecule has 0 spiro atoms. The highest BCUT2D eigenvalue weighted by atomic mass is 35.5. The molecule has 0 aliphatic carbocycles. The van der Waals surface area contributed by atoms with Gasteiger partial charge in [0.25, 0.3) is 5.91 Å². The van der Waals surface area contributed by atoms with Crippen LogP contribution in [0.1, 0.15) is 17.3 Å². The third-order valence-electron chi connectivity index (χ3n) is 4.93. The number of para-hydroxylation sites is 1. The summed E-state index contributed by atoms with van der Waals surface area (Å²) in [5.74, 6) is -0.0136. The Morgan fingerprint density at radius 2 is 1.71 bits per heavy atom. The zero-order valence-electron chi connectivity index (χ0n) is 19.6. The van der Waals surface area contributed by atoms with E-state index in [0.29, 0.717) is 28.3 Å². The normalized spacial score (nSPS) is 10.8. The number of hydrogen-bond donors (Lipinski definition) is 2. The monoisotopic (exact) mass is 502 g/mol. The van der Waals surface area contributed by atoms with Crippen molar-refractivity contribution in [1.82, 2.24) is 14.9 Å². The van der Waals surface area contributed by atoms with Gasteiger partial charge in [-0.2, -0.15) is 4.98 Å². The first kappa shape index (κ1) is 25.6. The fraction of sp³-hybridized carbons (Fsp3) is 0.292. The summed E-state index contributed by atoms with van der Waals surface area (Å²) < 4.78 is 5.60. The van der Waals surface area contributed by atoms with E-state index >= 15 is 0 Å². The minimum absolute atomic E-state index is 0.153. The molecule has 0 aliphatic rings. The number of halogens is 2. The van der Waals surface area contributed by atoms with Crippen LogP contribution in [0.15, 0.2) is 48.7 Å². The van der Waals surface area contributed by atoms with Crippen molar-refractivity contribution in [3.8, 4) is 5.88 Å². The maximum absolute atomic E-state index is 12.9. The van der Waals surface area contributed by atoms with Crippen LogP contribution in [-0.2, 0) is 0 Å². The molecule has 0 unspecified atom stereocenters.